The van der Waals surface area contributed by atoms with E-state index in [4.69, 9.17) is 28.9 Å². The number of oxime groups is 1. The highest BCUT2D eigenvalue weighted by Crippen LogP contribution is 2.62. The summed E-state index contributed by atoms with van der Waals surface area (Å²) in [6, 6.07) is 29.7. The van der Waals surface area contributed by atoms with Crippen molar-refractivity contribution in [1.29, 1.82) is 0 Å². The second-order valence-electron chi connectivity index (χ2n) is 18.5. The summed E-state index contributed by atoms with van der Waals surface area (Å²) in [6.45, 7) is 13.6. The molecule has 336 valence electrons. The minimum absolute atomic E-state index is 0.0759. The molecule has 1 fully saturated rings. The summed E-state index contributed by atoms with van der Waals surface area (Å²) in [5.41, 5.74) is 3.45. The summed E-state index contributed by atoms with van der Waals surface area (Å²) in [6.07, 6.45) is 9.34. The van der Waals surface area contributed by atoms with E-state index in [9.17, 15) is 15.0 Å². The van der Waals surface area contributed by atoms with Gasteiger partial charge in [-0.25, -0.2) is 4.79 Å². The van der Waals surface area contributed by atoms with E-state index in [2.05, 4.69) is 49.9 Å². The Balaban J connectivity index is 1.42. The summed E-state index contributed by atoms with van der Waals surface area (Å²) in [4.78, 5) is 22.6. The van der Waals surface area contributed by atoms with Crippen LogP contribution in [0.15, 0.2) is 120 Å². The number of nitrogens with zero attached hydrogens (tertiary/aromatic N) is 2. The summed E-state index contributed by atoms with van der Waals surface area (Å²) in [5.74, 6) is 0.239. The van der Waals surface area contributed by atoms with Crippen molar-refractivity contribution in [2.45, 2.75) is 103 Å². The zero-order valence-corrected chi connectivity index (χ0v) is 37.5. The molecule has 10 heteroatoms. The van der Waals surface area contributed by atoms with Gasteiger partial charge in [-0.05, 0) is 102 Å². The van der Waals surface area contributed by atoms with Crippen molar-refractivity contribution in [2.75, 3.05) is 33.0 Å². The van der Waals surface area contributed by atoms with Gasteiger partial charge in [-0.1, -0.05) is 119 Å². The Morgan fingerprint density at radius 2 is 1.63 bits per heavy atom. The topological polar surface area (TPSA) is 119 Å². The maximum Gasteiger partial charge on any atom is 0.410 e. The van der Waals surface area contributed by atoms with E-state index in [1.54, 1.807) is 11.0 Å². The van der Waals surface area contributed by atoms with Crippen LogP contribution in [-0.2, 0) is 20.9 Å². The van der Waals surface area contributed by atoms with E-state index in [0.717, 1.165) is 64.6 Å². The molecule has 1 saturated carbocycles. The van der Waals surface area contributed by atoms with Crippen LogP contribution in [0.4, 0.5) is 4.79 Å². The third-order valence-electron chi connectivity index (χ3n) is 12.6. The zero-order chi connectivity index (χ0) is 44.4. The number of allylic oxidation sites excluding steroid dienone is 1. The summed E-state index contributed by atoms with van der Waals surface area (Å²) in [5, 5.41) is 27.2. The quantitative estimate of drug-likeness (QED) is 0.0512. The molecule has 63 heavy (non-hydrogen) atoms. The molecular weight excluding hydrogens is 793 g/mol. The van der Waals surface area contributed by atoms with Gasteiger partial charge in [0, 0.05) is 37.7 Å². The Morgan fingerprint density at radius 1 is 0.921 bits per heavy atom. The van der Waals surface area contributed by atoms with Crippen LogP contribution in [0, 0.1) is 23.2 Å². The lowest BCUT2D eigenvalue weighted by Crippen LogP contribution is -2.70. The van der Waals surface area contributed by atoms with Gasteiger partial charge in [0.1, 0.15) is 29.9 Å². The van der Waals surface area contributed by atoms with Gasteiger partial charge in [0.2, 0.25) is 5.79 Å². The molecule has 10 nitrogen and oxygen atoms in total. The van der Waals surface area contributed by atoms with Crippen molar-refractivity contribution in [3.63, 3.8) is 0 Å². The van der Waals surface area contributed by atoms with Crippen LogP contribution in [-0.4, -0.2) is 71.7 Å². The van der Waals surface area contributed by atoms with Gasteiger partial charge < -0.3 is 34.0 Å². The van der Waals surface area contributed by atoms with Gasteiger partial charge >= 0.3 is 6.09 Å². The Labute approximate surface area is 373 Å². The molecule has 1 amide bonds. The van der Waals surface area contributed by atoms with Crippen LogP contribution < -0.4 is 9.47 Å². The predicted octanol–water partition coefficient (Wildman–Crippen LogP) is 11.4. The molecule has 2 aliphatic carbocycles. The van der Waals surface area contributed by atoms with Crippen LogP contribution in [0.3, 0.4) is 0 Å². The van der Waals surface area contributed by atoms with Crippen molar-refractivity contribution in [1.82, 2.24) is 4.90 Å². The minimum atomic E-state index is -1.38. The zero-order valence-electron chi connectivity index (χ0n) is 37.5. The Bertz CT molecular complexity index is 2220. The average molecular weight is 859 g/mol. The number of aliphatic hydroxyl groups is 2. The molecule has 3 aliphatic rings. The van der Waals surface area contributed by atoms with Crippen LogP contribution in [0.2, 0.25) is 0 Å². The standard InChI is InChI=1S/C53H66N2O8/c1-6-27-55(51(58)59-36-52(3,4)5)48-34-46(54-61-35-37-17-9-8-10-18-37)44-32-40(21-13-15-28-56)43(22-14-16-29-57)49-45-33-42(62-41-24-23-38-19-11-12-20-39(38)31-41)25-26-47(45)63-53(48,50(44)49)60-30-7-2/h7-12,17-20,23-26,31-33,40,43,48-50,56-57H,2,6,13-16,21-22,27-30,34-36H2,1,3-5H3. The van der Waals surface area contributed by atoms with Gasteiger partial charge in [0.25, 0.3) is 0 Å². The lowest BCUT2D eigenvalue weighted by atomic mass is 9.55. The number of aliphatic hydroxyl groups excluding tert-OH is 2. The molecule has 0 bridgehead atoms. The monoisotopic (exact) mass is 858 g/mol. The smallest absolute Gasteiger partial charge is 0.410 e. The van der Waals surface area contributed by atoms with Crippen LogP contribution in [0.25, 0.3) is 10.8 Å². The Hall–Kier alpha value is -5.16. The average Bonchev–Trinajstić information content (AvgIpc) is 3.28. The second kappa shape index (κ2) is 21.0. The van der Waals surface area contributed by atoms with E-state index in [-0.39, 0.29) is 56.2 Å². The molecule has 6 atom stereocenters. The molecule has 1 heterocycles. The van der Waals surface area contributed by atoms with Crippen LogP contribution in [0.5, 0.6) is 17.2 Å². The van der Waals surface area contributed by atoms with Gasteiger partial charge in [-0.15, -0.1) is 6.58 Å². The van der Waals surface area contributed by atoms with Crippen molar-refractivity contribution in [3.05, 3.63) is 126 Å². The molecule has 0 aromatic heterocycles. The van der Waals surface area contributed by atoms with Crippen molar-refractivity contribution < 1.29 is 38.8 Å². The van der Waals surface area contributed by atoms with E-state index in [1.807, 2.05) is 81.4 Å². The number of hydrogen-bond donors (Lipinski definition) is 2. The molecule has 4 aromatic rings. The molecule has 2 N–H and O–H groups in total. The first-order valence-electron chi connectivity index (χ1n) is 22.9. The molecule has 1 aliphatic heterocycles. The second-order valence-corrected chi connectivity index (χ2v) is 18.5. The summed E-state index contributed by atoms with van der Waals surface area (Å²) >= 11 is 0. The van der Waals surface area contributed by atoms with E-state index in [1.165, 1.54) is 0 Å². The van der Waals surface area contributed by atoms with E-state index in [0.29, 0.717) is 43.7 Å². The molecule has 7 rings (SSSR count). The van der Waals surface area contributed by atoms with Crippen LogP contribution in [0.1, 0.15) is 96.1 Å². The predicted molar refractivity (Wildman–Crippen MR) is 248 cm³/mol. The normalized spacial score (nSPS) is 23.2. The maximum atomic E-state index is 14.5. The highest BCUT2D eigenvalue weighted by molar-refractivity contribution is 6.03. The lowest BCUT2D eigenvalue weighted by Gasteiger charge is -2.60. The summed E-state index contributed by atoms with van der Waals surface area (Å²) in [7, 11) is 0. The van der Waals surface area contributed by atoms with E-state index >= 15 is 0 Å². The maximum absolute atomic E-state index is 14.5. The van der Waals surface area contributed by atoms with E-state index < -0.39 is 23.8 Å². The first kappa shape index (κ1) is 45.9. The summed E-state index contributed by atoms with van der Waals surface area (Å²) < 4.78 is 27.3. The number of amides is 1. The van der Waals surface area contributed by atoms with Crippen LogP contribution >= 0.6 is 0 Å². The molecule has 0 saturated heterocycles. The molecule has 0 radical (unpaired) electrons. The number of fused-ring (bicyclic) bond motifs is 3. The minimum Gasteiger partial charge on any atom is -0.459 e. The van der Waals surface area contributed by atoms with Crippen molar-refractivity contribution in [2.24, 2.45) is 28.3 Å². The molecular formula is C53H66N2O8. The molecule has 0 spiro atoms. The number of unbranched alkanes of at least 4 members (excludes halogenated alkanes) is 2. The lowest BCUT2D eigenvalue weighted by molar-refractivity contribution is -0.255. The first-order valence-corrected chi connectivity index (χ1v) is 22.9. The fraction of sp³-hybridized carbons (Fsp3) is 0.472. The molecule has 4 aromatic carbocycles. The fourth-order valence-corrected chi connectivity index (χ4v) is 9.81. The Morgan fingerprint density at radius 3 is 2.37 bits per heavy atom. The fourth-order valence-electron chi connectivity index (χ4n) is 9.81. The highest BCUT2D eigenvalue weighted by atomic mass is 16.7. The van der Waals surface area contributed by atoms with Gasteiger partial charge in [0.05, 0.1) is 24.8 Å². The first-order chi connectivity index (χ1) is 30.6. The molecule has 6 unspecified atom stereocenters. The SMILES string of the molecule is C=CCOC12Oc3ccc(Oc4ccc5ccccc5c4)cc3C3C(CCCCO)C(CCCCO)C=C(C(=NOCc4ccccc4)CC1N(CCC)C(=O)OCC(C)(C)C)C32. The number of hydrogen-bond acceptors (Lipinski definition) is 9. The Kier molecular flexibility index (Phi) is 15.3. The van der Waals surface area contributed by atoms with Crippen molar-refractivity contribution >= 4 is 22.6 Å². The highest BCUT2D eigenvalue weighted by Gasteiger charge is 2.65. The number of ether oxygens (including phenoxy) is 4. The van der Waals surface area contributed by atoms with Crippen molar-refractivity contribution in [3.8, 4) is 17.2 Å². The number of rotatable bonds is 20. The largest absolute Gasteiger partial charge is 0.459 e. The number of carbonyl (C=O) groups is 1. The van der Waals surface area contributed by atoms with Gasteiger partial charge in [-0.3, -0.25) is 4.90 Å². The third kappa shape index (κ3) is 10.6. The third-order valence-corrected chi connectivity index (χ3v) is 12.6. The number of benzene rings is 4. The van der Waals surface area contributed by atoms with Gasteiger partial charge in [0.15, 0.2) is 0 Å². The number of carbonyl (C=O) groups excluding carboxylic acids is 1. The van der Waals surface area contributed by atoms with Gasteiger partial charge in [-0.2, -0.15) is 0 Å².